The van der Waals surface area contributed by atoms with Crippen LogP contribution < -0.4 is 0 Å². The van der Waals surface area contributed by atoms with Gasteiger partial charge in [-0.1, -0.05) is 0 Å². The Morgan fingerprint density at radius 3 is 3.08 bits per heavy atom. The number of aromatic nitrogens is 1. The molecule has 0 aliphatic heterocycles. The number of esters is 1. The Labute approximate surface area is 82.5 Å². The van der Waals surface area contributed by atoms with E-state index in [1.54, 1.807) is 25.3 Å². The summed E-state index contributed by atoms with van der Waals surface area (Å²) in [6, 6.07) is 3.40. The molecule has 3 nitrogen and oxygen atoms in total. The van der Waals surface area contributed by atoms with Crippen LogP contribution in [0.1, 0.15) is 23.0 Å². The van der Waals surface area contributed by atoms with Crippen molar-refractivity contribution in [3.05, 3.63) is 29.6 Å². The van der Waals surface area contributed by atoms with Gasteiger partial charge in [-0.05, 0) is 19.1 Å². The van der Waals surface area contributed by atoms with E-state index in [2.05, 4.69) is 17.6 Å². The van der Waals surface area contributed by atoms with Crippen molar-refractivity contribution in [1.82, 2.24) is 4.98 Å². The van der Waals surface area contributed by atoms with Gasteiger partial charge in [0.25, 0.3) is 0 Å². The van der Waals surface area contributed by atoms with Gasteiger partial charge in [0.05, 0.1) is 17.9 Å². The third kappa shape index (κ3) is 2.45. The maximum atomic E-state index is 11.3. The summed E-state index contributed by atoms with van der Waals surface area (Å²) >= 11 is 4.07. The van der Waals surface area contributed by atoms with E-state index in [1.807, 2.05) is 0 Å². The van der Waals surface area contributed by atoms with Crippen molar-refractivity contribution in [3.63, 3.8) is 0 Å². The molecule has 70 valence electrons. The van der Waals surface area contributed by atoms with E-state index < -0.39 is 0 Å². The highest BCUT2D eigenvalue weighted by Crippen LogP contribution is 2.09. The average molecular weight is 197 g/mol. The van der Waals surface area contributed by atoms with Gasteiger partial charge in [0.15, 0.2) is 0 Å². The molecule has 0 spiro atoms. The molecule has 1 aromatic heterocycles. The molecule has 1 aromatic rings. The Bertz CT molecular complexity index is 301. The van der Waals surface area contributed by atoms with Crippen molar-refractivity contribution >= 4 is 18.6 Å². The molecular formula is C9H11NO2S. The third-order valence-corrected chi connectivity index (χ3v) is 1.83. The Hall–Kier alpha value is -1.03. The van der Waals surface area contributed by atoms with Crippen LogP contribution in [0.4, 0.5) is 0 Å². The second-order valence-corrected chi connectivity index (χ2v) is 2.69. The standard InChI is InChI=1S/C9H11NO2S/c1-2-12-9(11)7-4-3-5-10-8(7)6-13/h3-5,13H,2,6H2,1H3. The van der Waals surface area contributed by atoms with Gasteiger partial charge < -0.3 is 4.74 Å². The number of thiol groups is 1. The number of carbonyl (C=O) groups excluding carboxylic acids is 1. The smallest absolute Gasteiger partial charge is 0.340 e. The second kappa shape index (κ2) is 4.87. The number of rotatable bonds is 3. The zero-order chi connectivity index (χ0) is 9.68. The lowest BCUT2D eigenvalue weighted by Gasteiger charge is -2.04. The predicted octanol–water partition coefficient (Wildman–Crippen LogP) is 1.69. The predicted molar refractivity (Wildman–Crippen MR) is 52.9 cm³/mol. The maximum Gasteiger partial charge on any atom is 0.340 e. The van der Waals surface area contributed by atoms with E-state index in [0.717, 1.165) is 0 Å². The fourth-order valence-electron chi connectivity index (χ4n) is 0.959. The first-order chi connectivity index (χ1) is 6.29. The summed E-state index contributed by atoms with van der Waals surface area (Å²) in [4.78, 5) is 15.4. The number of ether oxygens (including phenoxy) is 1. The van der Waals surface area contributed by atoms with Crippen molar-refractivity contribution in [1.29, 1.82) is 0 Å². The largest absolute Gasteiger partial charge is 0.462 e. The van der Waals surface area contributed by atoms with Crippen LogP contribution in [0, 0.1) is 0 Å². The molecule has 13 heavy (non-hydrogen) atoms. The minimum absolute atomic E-state index is 0.334. The summed E-state index contributed by atoms with van der Waals surface area (Å²) in [5.74, 6) is 0.106. The highest BCUT2D eigenvalue weighted by molar-refractivity contribution is 7.79. The first-order valence-corrected chi connectivity index (χ1v) is 4.64. The zero-order valence-corrected chi connectivity index (χ0v) is 8.25. The molecule has 0 saturated heterocycles. The molecule has 0 radical (unpaired) electrons. The van der Waals surface area contributed by atoms with Gasteiger partial charge in [-0.15, -0.1) is 0 Å². The minimum Gasteiger partial charge on any atom is -0.462 e. The topological polar surface area (TPSA) is 39.2 Å². The second-order valence-electron chi connectivity index (χ2n) is 2.38. The third-order valence-electron chi connectivity index (χ3n) is 1.54. The molecule has 0 atom stereocenters. The molecule has 1 rings (SSSR count). The molecule has 0 N–H and O–H groups in total. The Balaban J connectivity index is 2.92. The molecular weight excluding hydrogens is 186 g/mol. The summed E-state index contributed by atoms with van der Waals surface area (Å²) in [6.07, 6.45) is 1.63. The van der Waals surface area contributed by atoms with Crippen LogP contribution >= 0.6 is 12.6 Å². The van der Waals surface area contributed by atoms with E-state index in [0.29, 0.717) is 23.6 Å². The fourth-order valence-corrected chi connectivity index (χ4v) is 1.21. The van der Waals surface area contributed by atoms with Crippen molar-refractivity contribution in [2.24, 2.45) is 0 Å². The van der Waals surface area contributed by atoms with Gasteiger partial charge in [-0.25, -0.2) is 4.79 Å². The summed E-state index contributed by atoms with van der Waals surface area (Å²) in [5, 5.41) is 0. The maximum absolute atomic E-state index is 11.3. The monoisotopic (exact) mass is 197 g/mol. The van der Waals surface area contributed by atoms with Gasteiger partial charge in [0.2, 0.25) is 0 Å². The molecule has 1 heterocycles. The van der Waals surface area contributed by atoms with Crippen molar-refractivity contribution in [2.45, 2.75) is 12.7 Å². The first kappa shape index (κ1) is 10.1. The molecule has 0 saturated carbocycles. The number of nitrogens with zero attached hydrogens (tertiary/aromatic N) is 1. The van der Waals surface area contributed by atoms with Crippen LogP contribution in [-0.2, 0) is 10.5 Å². The Morgan fingerprint density at radius 1 is 1.69 bits per heavy atom. The molecule has 0 aliphatic rings. The number of pyridine rings is 1. The highest BCUT2D eigenvalue weighted by Gasteiger charge is 2.10. The summed E-state index contributed by atoms with van der Waals surface area (Å²) in [6.45, 7) is 2.15. The summed E-state index contributed by atoms with van der Waals surface area (Å²) < 4.78 is 4.86. The Morgan fingerprint density at radius 2 is 2.46 bits per heavy atom. The van der Waals surface area contributed by atoms with E-state index in [-0.39, 0.29) is 5.97 Å². The van der Waals surface area contributed by atoms with Gasteiger partial charge in [-0.2, -0.15) is 12.6 Å². The molecule has 0 fully saturated rings. The lowest BCUT2D eigenvalue weighted by atomic mass is 10.2. The van der Waals surface area contributed by atoms with Crippen LogP contribution in [0.3, 0.4) is 0 Å². The zero-order valence-electron chi connectivity index (χ0n) is 7.36. The number of carbonyl (C=O) groups is 1. The fraction of sp³-hybridized carbons (Fsp3) is 0.333. The van der Waals surface area contributed by atoms with E-state index >= 15 is 0 Å². The first-order valence-electron chi connectivity index (χ1n) is 4.01. The van der Waals surface area contributed by atoms with Crippen molar-refractivity contribution in [3.8, 4) is 0 Å². The van der Waals surface area contributed by atoms with Crippen LogP contribution in [0.25, 0.3) is 0 Å². The van der Waals surface area contributed by atoms with E-state index in [9.17, 15) is 4.79 Å². The van der Waals surface area contributed by atoms with Gasteiger partial charge in [0, 0.05) is 11.9 Å². The van der Waals surface area contributed by atoms with Crippen LogP contribution in [0.2, 0.25) is 0 Å². The number of hydrogen-bond acceptors (Lipinski definition) is 4. The van der Waals surface area contributed by atoms with E-state index in [4.69, 9.17) is 4.74 Å². The lowest BCUT2D eigenvalue weighted by molar-refractivity contribution is 0.0525. The average Bonchev–Trinajstić information content (AvgIpc) is 2.18. The van der Waals surface area contributed by atoms with Crippen LogP contribution in [0.15, 0.2) is 18.3 Å². The summed E-state index contributed by atoms with van der Waals surface area (Å²) in [7, 11) is 0. The van der Waals surface area contributed by atoms with E-state index in [1.165, 1.54) is 0 Å². The van der Waals surface area contributed by atoms with Crippen molar-refractivity contribution < 1.29 is 9.53 Å². The normalized spacial score (nSPS) is 9.69. The summed E-state index contributed by atoms with van der Waals surface area (Å²) in [5.41, 5.74) is 1.16. The van der Waals surface area contributed by atoms with Crippen LogP contribution in [0.5, 0.6) is 0 Å². The molecule has 0 amide bonds. The van der Waals surface area contributed by atoms with Crippen molar-refractivity contribution in [2.75, 3.05) is 6.61 Å². The Kier molecular flexibility index (Phi) is 3.76. The SMILES string of the molecule is CCOC(=O)c1cccnc1CS. The number of hydrogen-bond donors (Lipinski definition) is 1. The molecule has 4 heteroatoms. The molecule has 0 aliphatic carbocycles. The minimum atomic E-state index is -0.334. The van der Waals surface area contributed by atoms with Gasteiger partial charge in [0.1, 0.15) is 0 Å². The van der Waals surface area contributed by atoms with Gasteiger partial charge in [-0.3, -0.25) is 4.98 Å². The van der Waals surface area contributed by atoms with Gasteiger partial charge >= 0.3 is 5.97 Å². The highest BCUT2D eigenvalue weighted by atomic mass is 32.1. The quantitative estimate of drug-likeness (QED) is 0.592. The van der Waals surface area contributed by atoms with Crippen LogP contribution in [-0.4, -0.2) is 17.6 Å². The molecule has 0 unspecified atom stereocenters. The molecule has 0 aromatic carbocycles. The lowest BCUT2D eigenvalue weighted by Crippen LogP contribution is -2.08. The molecule has 0 bridgehead atoms.